The van der Waals surface area contributed by atoms with E-state index in [0.29, 0.717) is 22.7 Å². The van der Waals surface area contributed by atoms with Gasteiger partial charge in [-0.3, -0.25) is 37.7 Å². The molecule has 6 rings (SSSR count). The van der Waals surface area contributed by atoms with Gasteiger partial charge in [0, 0.05) is 32.8 Å². The van der Waals surface area contributed by atoms with Crippen molar-refractivity contribution >= 4 is 38.5 Å². The predicted octanol–water partition coefficient (Wildman–Crippen LogP) is -1.92. The van der Waals surface area contributed by atoms with Gasteiger partial charge in [-0.25, -0.2) is 18.5 Å². The zero-order chi connectivity index (χ0) is 41.2. The molecule has 9 N–H and O–H groups in total. The summed E-state index contributed by atoms with van der Waals surface area (Å²) in [4.78, 5) is 82.3. The molecule has 26 heteroatoms. The fraction of sp³-hybridized carbons (Fsp3) is 0.484. The molecule has 0 bridgehead atoms. The van der Waals surface area contributed by atoms with Crippen molar-refractivity contribution in [2.45, 2.75) is 61.8 Å². The molecule has 0 saturated carbocycles. The molecular formula is C31H42N9O15P2+. The molecule has 0 spiro atoms. The number of ether oxygens (including phenoxy) is 3. The second-order valence-electron chi connectivity index (χ2n) is 13.3. The Hall–Kier alpha value is -4.42. The number of fused-ring (bicyclic) bond motifs is 1. The zero-order valence-corrected chi connectivity index (χ0v) is 32.3. The van der Waals surface area contributed by atoms with E-state index in [1.165, 1.54) is 24.3 Å². The molecule has 24 nitrogen and oxygen atoms in total. The first-order chi connectivity index (χ1) is 26.9. The molecule has 2 fully saturated rings. The molecule has 1 amide bonds. The molecule has 9 unspecified atom stereocenters. The van der Waals surface area contributed by atoms with Crippen LogP contribution in [-0.4, -0.2) is 121 Å². The van der Waals surface area contributed by atoms with Gasteiger partial charge >= 0.3 is 27.0 Å². The maximum atomic E-state index is 13.5. The Labute approximate surface area is 322 Å². The standard InChI is InChI=1S/C31H41N9O15P2/c1-38(2)27-25-28(34-14-33-27)40(15-35-25)30-26(42)24(37-29(43)18(32)10-16-4-6-17(50-3)7-5-16)21(54-30)13-52-57(48,49)55-19-11-23(39-9-8-22(41)36-31(39)44)53-20(19)12-51-56(45,46)47/h4-9,14-15,18-21,23-24,26,30,42H,10-13,32H2,1-3H3,(H5,36,37,41,43,44,45,46,47,48,49)/p+1. The van der Waals surface area contributed by atoms with Gasteiger partial charge in [-0.1, -0.05) is 17.1 Å². The maximum Gasteiger partial charge on any atom is 0.472 e. The van der Waals surface area contributed by atoms with E-state index >= 15 is 0 Å². The summed E-state index contributed by atoms with van der Waals surface area (Å²) < 4.78 is 59.6. The second kappa shape index (κ2) is 17.2. The summed E-state index contributed by atoms with van der Waals surface area (Å²) in [6, 6.07) is 5.52. The van der Waals surface area contributed by atoms with E-state index in [1.807, 2.05) is 4.98 Å². The topological polar surface area (TPSA) is 329 Å². The SMILES string of the molecule is COc1ccc(CC(N)C(=O)NC2C(COP(=O)(O)OC3CC(n4ccc(=O)[nH]c4=O)OC3COP(=O)(O)O)OC([n+]3c[nH]c4c(N(C)C)ncnc43)C2O)cc1. The molecule has 5 heterocycles. The number of methoxy groups -OCH3 is 1. The van der Waals surface area contributed by atoms with Crippen molar-refractivity contribution in [3.63, 3.8) is 0 Å². The number of nitrogens with one attached hydrogen (secondary N) is 3. The summed E-state index contributed by atoms with van der Waals surface area (Å²) in [6.45, 7) is -1.60. The minimum atomic E-state index is -5.15. The number of aliphatic hydroxyl groups is 1. The number of imidazole rings is 1. The number of H-pyrrole nitrogens is 2. The third-order valence-electron chi connectivity index (χ3n) is 9.15. The van der Waals surface area contributed by atoms with Crippen LogP contribution in [-0.2, 0) is 43.4 Å². The van der Waals surface area contributed by atoms with Gasteiger partial charge in [-0.05, 0) is 24.1 Å². The molecule has 4 aromatic rings. The molecule has 3 aromatic heterocycles. The highest BCUT2D eigenvalue weighted by Gasteiger charge is 2.50. The Balaban J connectivity index is 1.21. The number of amides is 1. The Morgan fingerprint density at radius 3 is 2.49 bits per heavy atom. The largest absolute Gasteiger partial charge is 0.497 e. The molecule has 2 aliphatic heterocycles. The summed E-state index contributed by atoms with van der Waals surface area (Å²) >= 11 is 0. The van der Waals surface area contributed by atoms with Crippen molar-refractivity contribution in [2.75, 3.05) is 39.3 Å². The van der Waals surface area contributed by atoms with Gasteiger partial charge in [0.15, 0.2) is 18.5 Å². The van der Waals surface area contributed by atoms with Gasteiger partial charge < -0.3 is 49.9 Å². The van der Waals surface area contributed by atoms with Crippen LogP contribution in [0.25, 0.3) is 11.2 Å². The smallest absolute Gasteiger partial charge is 0.472 e. The number of phosphoric ester groups is 2. The summed E-state index contributed by atoms with van der Waals surface area (Å²) in [5.74, 6) is 0.439. The number of aliphatic hydroxyl groups excluding tert-OH is 1. The van der Waals surface area contributed by atoms with Crippen molar-refractivity contribution in [2.24, 2.45) is 5.73 Å². The number of aromatic nitrogens is 6. The van der Waals surface area contributed by atoms with E-state index < -0.39 is 95.0 Å². The van der Waals surface area contributed by atoms with E-state index in [-0.39, 0.29) is 12.8 Å². The minimum Gasteiger partial charge on any atom is -0.497 e. The summed E-state index contributed by atoms with van der Waals surface area (Å²) in [5, 5.41) is 14.3. The molecule has 2 aliphatic rings. The number of benzene rings is 1. The molecular weight excluding hydrogens is 800 g/mol. The summed E-state index contributed by atoms with van der Waals surface area (Å²) in [5.41, 5.74) is 6.19. The van der Waals surface area contributed by atoms with E-state index in [9.17, 15) is 43.3 Å². The Morgan fingerprint density at radius 2 is 1.82 bits per heavy atom. The number of nitrogens with zero attached hydrogens (tertiary/aromatic N) is 5. The van der Waals surface area contributed by atoms with Crippen LogP contribution < -0.4 is 36.5 Å². The number of rotatable bonds is 16. The number of hydrogen-bond donors (Lipinski definition) is 8. The number of hydrogen-bond acceptors (Lipinski definition) is 16. The number of aromatic amines is 2. The minimum absolute atomic E-state index is 0.105. The lowest BCUT2D eigenvalue weighted by Gasteiger charge is -2.25. The number of carbonyl (C=O) groups excluding carboxylic acids is 1. The molecule has 0 aliphatic carbocycles. The van der Waals surface area contributed by atoms with Gasteiger partial charge in [0.1, 0.15) is 36.4 Å². The molecule has 57 heavy (non-hydrogen) atoms. The maximum absolute atomic E-state index is 13.5. The fourth-order valence-electron chi connectivity index (χ4n) is 6.42. The average Bonchev–Trinajstić information content (AvgIpc) is 3.84. The highest BCUT2D eigenvalue weighted by Crippen LogP contribution is 2.49. The summed E-state index contributed by atoms with van der Waals surface area (Å²) in [7, 11) is -5.15. The van der Waals surface area contributed by atoms with E-state index in [4.69, 9.17) is 29.0 Å². The zero-order valence-electron chi connectivity index (χ0n) is 30.6. The first-order valence-electron chi connectivity index (χ1n) is 17.2. The average molecular weight is 843 g/mol. The summed E-state index contributed by atoms with van der Waals surface area (Å²) in [6.07, 6.45) is -4.54. The molecule has 9 atom stereocenters. The number of phosphoric acid groups is 2. The third kappa shape index (κ3) is 10.0. The van der Waals surface area contributed by atoms with Crippen molar-refractivity contribution < 1.29 is 66.1 Å². The van der Waals surface area contributed by atoms with Crippen LogP contribution in [0, 0.1) is 0 Å². The van der Waals surface area contributed by atoms with E-state index in [2.05, 4.69) is 24.8 Å². The monoisotopic (exact) mass is 842 g/mol. The van der Waals surface area contributed by atoms with E-state index in [1.54, 1.807) is 43.3 Å². The van der Waals surface area contributed by atoms with Gasteiger partial charge in [-0.2, -0.15) is 4.98 Å². The van der Waals surface area contributed by atoms with Crippen LogP contribution in [0.4, 0.5) is 5.82 Å². The number of carbonyl (C=O) groups is 1. The molecule has 1 aromatic carbocycles. The lowest BCUT2D eigenvalue weighted by Crippen LogP contribution is -2.55. The highest BCUT2D eigenvalue weighted by atomic mass is 31.2. The van der Waals surface area contributed by atoms with Gasteiger partial charge in [0.2, 0.25) is 17.7 Å². The Kier molecular flexibility index (Phi) is 12.7. The lowest BCUT2D eigenvalue weighted by atomic mass is 10.0. The fourth-order valence-corrected chi connectivity index (χ4v) is 7.72. The van der Waals surface area contributed by atoms with Crippen LogP contribution in [0.1, 0.15) is 24.4 Å². The van der Waals surface area contributed by atoms with Gasteiger partial charge in [-0.15, -0.1) is 0 Å². The van der Waals surface area contributed by atoms with Crippen molar-refractivity contribution in [1.82, 2.24) is 29.8 Å². The highest BCUT2D eigenvalue weighted by molar-refractivity contribution is 7.47. The van der Waals surface area contributed by atoms with Crippen LogP contribution in [0.2, 0.25) is 0 Å². The quantitative estimate of drug-likeness (QED) is 0.0450. The van der Waals surface area contributed by atoms with Gasteiger partial charge in [0.25, 0.3) is 5.56 Å². The second-order valence-corrected chi connectivity index (χ2v) is 15.9. The number of nitrogens with two attached hydrogens (primary N) is 1. The van der Waals surface area contributed by atoms with Crippen LogP contribution in [0.5, 0.6) is 5.75 Å². The Morgan fingerprint density at radius 1 is 1.11 bits per heavy atom. The van der Waals surface area contributed by atoms with E-state index in [0.717, 1.165) is 22.4 Å². The van der Waals surface area contributed by atoms with Crippen LogP contribution in [0.3, 0.4) is 0 Å². The van der Waals surface area contributed by atoms with Crippen molar-refractivity contribution in [3.05, 3.63) is 75.6 Å². The van der Waals surface area contributed by atoms with Crippen molar-refractivity contribution in [1.29, 1.82) is 0 Å². The van der Waals surface area contributed by atoms with Gasteiger partial charge in [0.05, 0.1) is 32.4 Å². The first kappa shape index (κ1) is 42.2. The molecule has 0 radical (unpaired) electrons. The molecule has 2 saturated heterocycles. The van der Waals surface area contributed by atoms with Crippen LogP contribution in [0.15, 0.2) is 58.8 Å². The predicted molar refractivity (Wildman–Crippen MR) is 193 cm³/mol. The van der Waals surface area contributed by atoms with Crippen molar-refractivity contribution in [3.8, 4) is 5.75 Å². The Bertz CT molecular complexity index is 2270. The normalized spacial score (nSPS) is 25.3. The van der Waals surface area contributed by atoms with Crippen LogP contribution >= 0.6 is 15.6 Å². The molecule has 310 valence electrons. The number of anilines is 1. The lowest BCUT2D eigenvalue weighted by molar-refractivity contribution is -0.745. The first-order valence-corrected chi connectivity index (χ1v) is 20.2. The third-order valence-corrected chi connectivity index (χ3v) is 10.7.